The van der Waals surface area contributed by atoms with Crippen molar-refractivity contribution in [3.63, 3.8) is 0 Å². The van der Waals surface area contributed by atoms with E-state index in [1.807, 2.05) is 37.3 Å². The van der Waals surface area contributed by atoms with Gasteiger partial charge in [0.25, 0.3) is 0 Å². The van der Waals surface area contributed by atoms with Crippen molar-refractivity contribution in [2.45, 2.75) is 43.5 Å². The zero-order valence-electron chi connectivity index (χ0n) is 16.3. The molecule has 2 aromatic rings. The lowest BCUT2D eigenvalue weighted by Gasteiger charge is -2.27. The molecular formula is C24H27NO2S. The molecule has 2 aliphatic rings. The van der Waals surface area contributed by atoms with Gasteiger partial charge in [-0.2, -0.15) is 4.31 Å². The molecule has 2 aromatic carbocycles. The van der Waals surface area contributed by atoms with Crippen molar-refractivity contribution in [3.8, 4) is 0 Å². The zero-order chi connectivity index (χ0) is 19.6. The van der Waals surface area contributed by atoms with E-state index < -0.39 is 10.0 Å². The smallest absolute Gasteiger partial charge is 0.207 e. The third kappa shape index (κ3) is 3.85. The summed E-state index contributed by atoms with van der Waals surface area (Å²) in [5, 5.41) is 0. The summed E-state index contributed by atoms with van der Waals surface area (Å²) in [5.74, 6) is 0.153. The van der Waals surface area contributed by atoms with E-state index in [0.29, 0.717) is 11.4 Å². The second-order valence-corrected chi connectivity index (χ2v) is 9.69. The molecule has 28 heavy (non-hydrogen) atoms. The van der Waals surface area contributed by atoms with E-state index in [1.165, 1.54) is 5.57 Å². The van der Waals surface area contributed by atoms with Gasteiger partial charge in [0.2, 0.25) is 10.0 Å². The minimum atomic E-state index is -3.52. The van der Waals surface area contributed by atoms with E-state index >= 15 is 0 Å². The number of hydrogen-bond acceptors (Lipinski definition) is 2. The predicted molar refractivity (Wildman–Crippen MR) is 114 cm³/mol. The molecule has 3 nitrogen and oxygen atoms in total. The van der Waals surface area contributed by atoms with Gasteiger partial charge in [0.1, 0.15) is 0 Å². The molecule has 0 N–H and O–H groups in total. The van der Waals surface area contributed by atoms with Gasteiger partial charge in [-0.1, -0.05) is 72.7 Å². The van der Waals surface area contributed by atoms with Crippen LogP contribution in [0.5, 0.6) is 0 Å². The number of hydrogen-bond donors (Lipinski definition) is 0. The summed E-state index contributed by atoms with van der Waals surface area (Å²) in [5.41, 5.74) is 3.38. The molecule has 2 atom stereocenters. The lowest BCUT2D eigenvalue weighted by molar-refractivity contribution is 0.333. The Kier molecular flexibility index (Phi) is 5.51. The Morgan fingerprint density at radius 1 is 1.00 bits per heavy atom. The van der Waals surface area contributed by atoms with Gasteiger partial charge in [0.05, 0.1) is 4.90 Å². The van der Waals surface area contributed by atoms with Gasteiger partial charge >= 0.3 is 0 Å². The fourth-order valence-electron chi connectivity index (χ4n) is 4.28. The first kappa shape index (κ1) is 19.2. The molecule has 4 rings (SSSR count). The summed E-state index contributed by atoms with van der Waals surface area (Å²) >= 11 is 0. The molecule has 1 aliphatic carbocycles. The number of rotatable bonds is 3. The van der Waals surface area contributed by atoms with Crippen LogP contribution in [-0.4, -0.2) is 25.3 Å². The van der Waals surface area contributed by atoms with Crippen LogP contribution in [-0.2, 0) is 10.0 Å². The van der Waals surface area contributed by atoms with Crippen LogP contribution in [0, 0.1) is 12.8 Å². The van der Waals surface area contributed by atoms with E-state index in [1.54, 1.807) is 16.4 Å². The van der Waals surface area contributed by atoms with Crippen molar-refractivity contribution >= 4 is 16.1 Å². The molecule has 0 aromatic heterocycles. The van der Waals surface area contributed by atoms with Gasteiger partial charge in [-0.25, -0.2) is 8.42 Å². The Morgan fingerprint density at radius 3 is 2.50 bits per heavy atom. The first-order chi connectivity index (χ1) is 13.6. The Balaban J connectivity index is 1.75. The number of benzene rings is 2. The summed E-state index contributed by atoms with van der Waals surface area (Å²) in [7, 11) is -3.52. The van der Waals surface area contributed by atoms with Gasteiger partial charge in [-0.3, -0.25) is 0 Å². The van der Waals surface area contributed by atoms with Crippen molar-refractivity contribution in [1.29, 1.82) is 0 Å². The minimum Gasteiger partial charge on any atom is -0.207 e. The molecule has 0 bridgehead atoms. The summed E-state index contributed by atoms with van der Waals surface area (Å²) in [6, 6.07) is 17.4. The quantitative estimate of drug-likeness (QED) is 0.672. The summed E-state index contributed by atoms with van der Waals surface area (Å²) in [4.78, 5) is 0.392. The summed E-state index contributed by atoms with van der Waals surface area (Å²) < 4.78 is 28.7. The van der Waals surface area contributed by atoms with E-state index in [9.17, 15) is 8.42 Å². The molecule has 1 heterocycles. The molecule has 0 unspecified atom stereocenters. The SMILES string of the molecule is Cc1ccc(S(=O)(=O)N2C/C(=C\c3ccccc3)[C@H]3/C=C\CCCC[C@@H]32)cc1. The third-order valence-corrected chi connectivity index (χ3v) is 7.68. The molecule has 0 saturated carbocycles. The number of sulfonamides is 1. The van der Waals surface area contributed by atoms with Crippen LogP contribution in [0.4, 0.5) is 0 Å². The molecule has 0 radical (unpaired) electrons. The molecule has 4 heteroatoms. The largest absolute Gasteiger partial charge is 0.243 e. The second-order valence-electron chi connectivity index (χ2n) is 7.80. The predicted octanol–water partition coefficient (Wildman–Crippen LogP) is 5.20. The highest BCUT2D eigenvalue weighted by molar-refractivity contribution is 7.89. The van der Waals surface area contributed by atoms with Gasteiger partial charge < -0.3 is 0 Å². The maximum absolute atomic E-state index is 13.5. The van der Waals surface area contributed by atoms with Crippen molar-refractivity contribution < 1.29 is 8.42 Å². The topological polar surface area (TPSA) is 37.4 Å². The molecule has 1 fully saturated rings. The van der Waals surface area contributed by atoms with Crippen LogP contribution >= 0.6 is 0 Å². The Morgan fingerprint density at radius 2 is 1.75 bits per heavy atom. The highest BCUT2D eigenvalue weighted by Crippen LogP contribution is 2.39. The maximum atomic E-state index is 13.5. The van der Waals surface area contributed by atoms with Crippen LogP contribution < -0.4 is 0 Å². The second kappa shape index (κ2) is 8.06. The van der Waals surface area contributed by atoms with Crippen molar-refractivity contribution in [3.05, 3.63) is 83.4 Å². The van der Waals surface area contributed by atoms with Crippen molar-refractivity contribution in [2.75, 3.05) is 6.54 Å². The number of fused-ring (bicyclic) bond motifs is 1. The summed E-state index contributed by atoms with van der Waals surface area (Å²) in [6.07, 6.45) is 10.8. The average molecular weight is 394 g/mol. The molecule has 1 aliphatic heterocycles. The third-order valence-electron chi connectivity index (χ3n) is 5.79. The molecule has 146 valence electrons. The number of nitrogens with zero attached hydrogens (tertiary/aromatic N) is 1. The maximum Gasteiger partial charge on any atom is 0.243 e. The zero-order valence-corrected chi connectivity index (χ0v) is 17.1. The highest BCUT2D eigenvalue weighted by atomic mass is 32.2. The fourth-order valence-corrected chi connectivity index (χ4v) is 5.94. The molecular weight excluding hydrogens is 366 g/mol. The van der Waals surface area contributed by atoms with Crippen LogP contribution in [0.25, 0.3) is 6.08 Å². The minimum absolute atomic E-state index is 0.00202. The normalized spacial score (nSPS) is 25.8. The Bertz CT molecular complexity index is 975. The first-order valence-corrected chi connectivity index (χ1v) is 11.5. The van der Waals surface area contributed by atoms with Gasteiger partial charge in [0.15, 0.2) is 0 Å². The van der Waals surface area contributed by atoms with Crippen LogP contribution in [0.2, 0.25) is 0 Å². The van der Waals surface area contributed by atoms with E-state index in [0.717, 1.165) is 36.8 Å². The van der Waals surface area contributed by atoms with Crippen LogP contribution in [0.15, 0.2) is 77.2 Å². The monoisotopic (exact) mass is 393 g/mol. The Hall–Kier alpha value is -2.17. The molecule has 0 spiro atoms. The van der Waals surface area contributed by atoms with E-state index in [4.69, 9.17) is 0 Å². The van der Waals surface area contributed by atoms with Gasteiger partial charge in [-0.15, -0.1) is 0 Å². The van der Waals surface area contributed by atoms with E-state index in [2.05, 4.69) is 30.4 Å². The Labute approximate surface area is 168 Å². The number of aryl methyl sites for hydroxylation is 1. The van der Waals surface area contributed by atoms with E-state index in [-0.39, 0.29) is 12.0 Å². The highest BCUT2D eigenvalue weighted by Gasteiger charge is 2.43. The van der Waals surface area contributed by atoms with Crippen LogP contribution in [0.3, 0.4) is 0 Å². The van der Waals surface area contributed by atoms with Crippen LogP contribution in [0.1, 0.15) is 36.8 Å². The van der Waals surface area contributed by atoms with Crippen molar-refractivity contribution in [2.24, 2.45) is 5.92 Å². The average Bonchev–Trinajstić information content (AvgIpc) is 2.99. The summed E-state index contributed by atoms with van der Waals surface area (Å²) in [6.45, 7) is 2.44. The van der Waals surface area contributed by atoms with Gasteiger partial charge in [-0.05, 0) is 49.5 Å². The molecule has 1 saturated heterocycles. The lowest BCUT2D eigenvalue weighted by Crippen LogP contribution is -2.37. The number of allylic oxidation sites excluding steroid dienone is 1. The fraction of sp³-hybridized carbons (Fsp3) is 0.333. The first-order valence-electron chi connectivity index (χ1n) is 10.1. The molecule has 0 amide bonds. The lowest BCUT2D eigenvalue weighted by atomic mass is 9.88. The standard InChI is InChI=1S/C24H27NO2S/c1-19-13-15-22(16-14-19)28(26,27)25-18-21(17-20-9-5-4-6-10-20)23-11-7-2-3-8-12-24(23)25/h4-7,9-11,13-17,23-24H,2-3,8,12,18H2,1H3/b11-7-,21-17+/t23-,24+/m1/s1. The van der Waals surface area contributed by atoms with Crippen molar-refractivity contribution in [1.82, 2.24) is 4.31 Å². The van der Waals surface area contributed by atoms with Gasteiger partial charge in [0, 0.05) is 18.5 Å².